The van der Waals surface area contributed by atoms with Gasteiger partial charge in [0, 0.05) is 13.3 Å². The summed E-state index contributed by atoms with van der Waals surface area (Å²) >= 11 is 0. The molecule has 0 aliphatic heterocycles. The van der Waals surface area contributed by atoms with E-state index in [-0.39, 0.29) is 12.1 Å². The second-order valence-corrected chi connectivity index (χ2v) is 5.43. The van der Waals surface area contributed by atoms with Crippen LogP contribution in [0.25, 0.3) is 0 Å². The lowest BCUT2D eigenvalue weighted by Gasteiger charge is -2.22. The highest BCUT2D eigenvalue weighted by Gasteiger charge is 2.17. The van der Waals surface area contributed by atoms with Crippen LogP contribution >= 0.6 is 0 Å². The molecule has 2 atom stereocenters. The van der Waals surface area contributed by atoms with Crippen LogP contribution in [0.15, 0.2) is 30.3 Å². The fourth-order valence-electron chi connectivity index (χ4n) is 2.28. The Kier molecular flexibility index (Phi) is 8.76. The van der Waals surface area contributed by atoms with Gasteiger partial charge >= 0.3 is 5.97 Å². The molecule has 0 saturated carbocycles. The largest absolute Gasteiger partial charge is 0.436 e. The fraction of sp³-hybridized carbons (Fsp3) is 0.611. The van der Waals surface area contributed by atoms with E-state index in [0.29, 0.717) is 0 Å². The monoisotopic (exact) mass is 292 g/mol. The van der Waals surface area contributed by atoms with Gasteiger partial charge in [0.1, 0.15) is 0 Å². The zero-order chi connectivity index (χ0) is 15.5. The number of carbonyl (C=O) groups is 1. The normalized spacial score (nSPS) is 13.7. The summed E-state index contributed by atoms with van der Waals surface area (Å²) in [7, 11) is 0. The van der Waals surface area contributed by atoms with Gasteiger partial charge in [-0.2, -0.15) is 0 Å². The summed E-state index contributed by atoms with van der Waals surface area (Å²) in [6.07, 6.45) is 6.16. The average molecular weight is 292 g/mol. The van der Waals surface area contributed by atoms with Gasteiger partial charge in [0.15, 0.2) is 0 Å². The number of ether oxygens (including phenoxy) is 2. The van der Waals surface area contributed by atoms with Gasteiger partial charge in [0.05, 0.1) is 6.10 Å². The number of rotatable bonds is 10. The molecule has 3 heteroatoms. The van der Waals surface area contributed by atoms with Gasteiger partial charge in [-0.1, -0.05) is 62.9 Å². The van der Waals surface area contributed by atoms with E-state index in [4.69, 9.17) is 9.47 Å². The van der Waals surface area contributed by atoms with Crippen LogP contribution in [0, 0.1) is 0 Å². The van der Waals surface area contributed by atoms with Gasteiger partial charge in [0.25, 0.3) is 0 Å². The molecule has 0 heterocycles. The highest BCUT2D eigenvalue weighted by Crippen LogP contribution is 2.21. The van der Waals surface area contributed by atoms with Gasteiger partial charge in [-0.3, -0.25) is 4.79 Å². The third-order valence-corrected chi connectivity index (χ3v) is 3.47. The Morgan fingerprint density at radius 1 is 1.10 bits per heavy atom. The van der Waals surface area contributed by atoms with E-state index in [1.54, 1.807) is 0 Å². The molecule has 0 radical (unpaired) electrons. The van der Waals surface area contributed by atoms with Crippen molar-refractivity contribution in [3.8, 4) is 0 Å². The molecule has 0 saturated heterocycles. The van der Waals surface area contributed by atoms with Crippen molar-refractivity contribution in [3.63, 3.8) is 0 Å². The number of hydrogen-bond donors (Lipinski definition) is 0. The number of hydrogen-bond acceptors (Lipinski definition) is 3. The number of esters is 1. The quantitative estimate of drug-likeness (QED) is 0.345. The summed E-state index contributed by atoms with van der Waals surface area (Å²) in [6, 6.07) is 10.0. The Bertz CT molecular complexity index is 389. The van der Waals surface area contributed by atoms with E-state index in [2.05, 4.69) is 6.92 Å². The zero-order valence-electron chi connectivity index (χ0n) is 13.5. The third-order valence-electron chi connectivity index (χ3n) is 3.47. The van der Waals surface area contributed by atoms with Gasteiger partial charge in [-0.15, -0.1) is 0 Å². The minimum atomic E-state index is -0.445. The molecule has 0 N–H and O–H groups in total. The van der Waals surface area contributed by atoms with Gasteiger partial charge in [0.2, 0.25) is 6.29 Å². The average Bonchev–Trinajstić information content (AvgIpc) is 2.47. The van der Waals surface area contributed by atoms with Crippen molar-refractivity contribution in [2.24, 2.45) is 0 Å². The number of carbonyl (C=O) groups excluding carboxylic acids is 1. The Hall–Kier alpha value is -1.35. The van der Waals surface area contributed by atoms with Crippen LogP contribution in [0.2, 0.25) is 0 Å². The highest BCUT2D eigenvalue weighted by atomic mass is 16.7. The Morgan fingerprint density at radius 3 is 2.38 bits per heavy atom. The molecule has 3 nitrogen and oxygen atoms in total. The molecule has 1 aromatic rings. The topological polar surface area (TPSA) is 35.5 Å². The van der Waals surface area contributed by atoms with Crippen LogP contribution in [-0.4, -0.2) is 12.3 Å². The molecule has 2 unspecified atom stereocenters. The molecule has 0 fully saturated rings. The van der Waals surface area contributed by atoms with Crippen molar-refractivity contribution in [2.45, 2.75) is 71.7 Å². The van der Waals surface area contributed by atoms with Gasteiger partial charge < -0.3 is 9.47 Å². The molecule has 0 aromatic heterocycles. The first kappa shape index (κ1) is 17.7. The van der Waals surface area contributed by atoms with Crippen LogP contribution in [-0.2, 0) is 14.3 Å². The molecule has 1 rings (SSSR count). The predicted molar refractivity (Wildman–Crippen MR) is 84.9 cm³/mol. The molecule has 0 spiro atoms. The maximum atomic E-state index is 11.2. The SMILES string of the molecule is CCCCCCCC(OC(C)=O)OC(C)c1ccccc1. The van der Waals surface area contributed by atoms with Gasteiger partial charge in [-0.25, -0.2) is 0 Å². The van der Waals surface area contributed by atoms with E-state index < -0.39 is 6.29 Å². The maximum Gasteiger partial charge on any atom is 0.304 e. The summed E-state index contributed by atoms with van der Waals surface area (Å²) in [5.74, 6) is -0.284. The Morgan fingerprint density at radius 2 is 1.76 bits per heavy atom. The first-order valence-corrected chi connectivity index (χ1v) is 8.01. The Balaban J connectivity index is 2.43. The molecular weight excluding hydrogens is 264 g/mol. The van der Waals surface area contributed by atoms with Crippen molar-refractivity contribution in [1.82, 2.24) is 0 Å². The lowest BCUT2D eigenvalue weighted by atomic mass is 10.1. The smallest absolute Gasteiger partial charge is 0.304 e. The summed E-state index contributed by atoms with van der Waals surface area (Å²) < 4.78 is 11.2. The molecule has 0 amide bonds. The van der Waals surface area contributed by atoms with Crippen molar-refractivity contribution in [1.29, 1.82) is 0 Å². The maximum absolute atomic E-state index is 11.2. The minimum Gasteiger partial charge on any atom is -0.436 e. The minimum absolute atomic E-state index is 0.0776. The molecule has 21 heavy (non-hydrogen) atoms. The zero-order valence-corrected chi connectivity index (χ0v) is 13.5. The second-order valence-electron chi connectivity index (χ2n) is 5.43. The lowest BCUT2D eigenvalue weighted by Crippen LogP contribution is -2.21. The van der Waals surface area contributed by atoms with Crippen LogP contribution in [0.4, 0.5) is 0 Å². The van der Waals surface area contributed by atoms with Crippen molar-refractivity contribution in [2.75, 3.05) is 0 Å². The fourth-order valence-corrected chi connectivity index (χ4v) is 2.28. The summed E-state index contributed by atoms with van der Waals surface area (Å²) in [5.41, 5.74) is 1.10. The number of unbranched alkanes of at least 4 members (excludes halogenated alkanes) is 4. The summed E-state index contributed by atoms with van der Waals surface area (Å²) in [6.45, 7) is 5.62. The number of benzene rings is 1. The van der Waals surface area contributed by atoms with Crippen molar-refractivity contribution >= 4 is 5.97 Å². The molecule has 1 aromatic carbocycles. The van der Waals surface area contributed by atoms with E-state index in [1.165, 1.54) is 26.2 Å². The van der Waals surface area contributed by atoms with E-state index in [1.807, 2.05) is 37.3 Å². The molecule has 0 aliphatic carbocycles. The standard InChI is InChI=1S/C18H28O3/c1-4-5-6-7-11-14-18(21-16(3)19)20-15(2)17-12-9-8-10-13-17/h8-10,12-13,15,18H,4-7,11,14H2,1-3H3. The van der Waals surface area contributed by atoms with Crippen LogP contribution < -0.4 is 0 Å². The summed E-state index contributed by atoms with van der Waals surface area (Å²) in [5, 5.41) is 0. The lowest BCUT2D eigenvalue weighted by molar-refractivity contribution is -0.188. The molecule has 118 valence electrons. The highest BCUT2D eigenvalue weighted by molar-refractivity contribution is 5.66. The van der Waals surface area contributed by atoms with Crippen molar-refractivity contribution in [3.05, 3.63) is 35.9 Å². The van der Waals surface area contributed by atoms with Crippen LogP contribution in [0.5, 0.6) is 0 Å². The molecule has 0 aliphatic rings. The first-order chi connectivity index (χ1) is 10.1. The molecule has 0 bridgehead atoms. The van der Waals surface area contributed by atoms with Crippen molar-refractivity contribution < 1.29 is 14.3 Å². The second kappa shape index (κ2) is 10.4. The first-order valence-electron chi connectivity index (χ1n) is 8.01. The van der Waals surface area contributed by atoms with E-state index in [0.717, 1.165) is 24.8 Å². The third kappa shape index (κ3) is 7.86. The molecular formula is C18H28O3. The van der Waals surface area contributed by atoms with Gasteiger partial charge in [-0.05, 0) is 18.9 Å². The Labute approximate surface area is 128 Å². The van der Waals surface area contributed by atoms with E-state index in [9.17, 15) is 4.79 Å². The van der Waals surface area contributed by atoms with Crippen LogP contribution in [0.3, 0.4) is 0 Å². The summed E-state index contributed by atoms with van der Waals surface area (Å²) in [4.78, 5) is 11.2. The van der Waals surface area contributed by atoms with E-state index >= 15 is 0 Å². The predicted octanol–water partition coefficient (Wildman–Crippen LogP) is 5.01. The van der Waals surface area contributed by atoms with Crippen LogP contribution in [0.1, 0.15) is 71.0 Å².